The molecule has 0 saturated carbocycles. The molecule has 1 aromatic carbocycles. The lowest BCUT2D eigenvalue weighted by Crippen LogP contribution is -2.29. The molecule has 0 saturated heterocycles. The summed E-state index contributed by atoms with van der Waals surface area (Å²) in [6.07, 6.45) is 1.59. The van der Waals surface area contributed by atoms with Crippen molar-refractivity contribution in [2.24, 2.45) is 0 Å². The number of carbonyl (C=O) groups excluding carboxylic acids is 1. The van der Waals surface area contributed by atoms with Crippen LogP contribution in [0.2, 0.25) is 5.02 Å². The Morgan fingerprint density at radius 1 is 1.10 bits per heavy atom. The van der Waals surface area contributed by atoms with Crippen LogP contribution in [0, 0.1) is 6.92 Å². The number of nitrogens with zero attached hydrogens (tertiary/aromatic N) is 4. The highest BCUT2D eigenvalue weighted by Gasteiger charge is 2.12. The van der Waals surface area contributed by atoms with E-state index in [-0.39, 0.29) is 18.0 Å². The molecule has 0 spiro atoms. The lowest BCUT2D eigenvalue weighted by atomic mass is 10.2. The first-order valence-electron chi connectivity index (χ1n) is 9.19. The monoisotopic (exact) mass is 439 g/mol. The minimum atomic E-state index is -0.370. The molecule has 3 aromatic heterocycles. The number of halogens is 1. The highest BCUT2D eigenvalue weighted by atomic mass is 35.5. The zero-order valence-electron chi connectivity index (χ0n) is 16.1. The summed E-state index contributed by atoms with van der Waals surface area (Å²) in [5.41, 5.74) is 1.20. The molecule has 0 fully saturated rings. The molecule has 0 aliphatic rings. The Balaban J connectivity index is 1.49. The largest absolute Gasteiger partial charge is 0.309 e. The SMILES string of the molecule is Cc1ccc(-c2ccc(=O)n(CC(=O)Nc3ccnn3Cc3ccccc3Cl)n2)s1. The fourth-order valence-electron chi connectivity index (χ4n) is 2.94. The quantitative estimate of drug-likeness (QED) is 0.495. The Morgan fingerprint density at radius 2 is 1.93 bits per heavy atom. The number of carbonyl (C=O) groups is 1. The third kappa shape index (κ3) is 4.50. The van der Waals surface area contributed by atoms with Gasteiger partial charge >= 0.3 is 0 Å². The summed E-state index contributed by atoms with van der Waals surface area (Å²) in [5.74, 6) is 0.142. The van der Waals surface area contributed by atoms with Crippen LogP contribution in [-0.4, -0.2) is 25.5 Å². The van der Waals surface area contributed by atoms with Crippen molar-refractivity contribution >= 4 is 34.7 Å². The van der Waals surface area contributed by atoms with E-state index in [9.17, 15) is 9.59 Å². The molecule has 30 heavy (non-hydrogen) atoms. The smallest absolute Gasteiger partial charge is 0.267 e. The lowest BCUT2D eigenvalue weighted by molar-refractivity contribution is -0.117. The number of hydrogen-bond acceptors (Lipinski definition) is 5. The van der Waals surface area contributed by atoms with E-state index in [1.807, 2.05) is 37.3 Å². The van der Waals surface area contributed by atoms with Crippen LogP contribution < -0.4 is 10.9 Å². The van der Waals surface area contributed by atoms with Crippen molar-refractivity contribution in [2.75, 3.05) is 5.32 Å². The molecule has 0 atom stereocenters. The van der Waals surface area contributed by atoms with Gasteiger partial charge in [0.2, 0.25) is 5.91 Å². The fourth-order valence-corrected chi connectivity index (χ4v) is 3.96. The van der Waals surface area contributed by atoms with Gasteiger partial charge in [-0.2, -0.15) is 10.2 Å². The average Bonchev–Trinajstić information content (AvgIpc) is 3.34. The molecule has 1 N–H and O–H groups in total. The normalized spacial score (nSPS) is 10.9. The van der Waals surface area contributed by atoms with Crippen molar-refractivity contribution in [3.8, 4) is 10.6 Å². The molecule has 0 bridgehead atoms. The molecule has 1 amide bonds. The zero-order chi connectivity index (χ0) is 21.1. The van der Waals surface area contributed by atoms with Gasteiger partial charge in [0.05, 0.1) is 17.6 Å². The van der Waals surface area contributed by atoms with Crippen LogP contribution in [-0.2, 0) is 17.9 Å². The van der Waals surface area contributed by atoms with E-state index in [2.05, 4.69) is 15.5 Å². The molecule has 0 radical (unpaired) electrons. The van der Waals surface area contributed by atoms with Gasteiger partial charge in [0.25, 0.3) is 5.56 Å². The van der Waals surface area contributed by atoms with Crippen LogP contribution in [0.15, 0.2) is 65.6 Å². The Kier molecular flexibility index (Phi) is 5.78. The third-order valence-electron chi connectivity index (χ3n) is 4.41. The van der Waals surface area contributed by atoms with Gasteiger partial charge in [-0.05, 0) is 36.8 Å². The summed E-state index contributed by atoms with van der Waals surface area (Å²) in [7, 11) is 0. The summed E-state index contributed by atoms with van der Waals surface area (Å²) in [4.78, 5) is 26.9. The summed E-state index contributed by atoms with van der Waals surface area (Å²) < 4.78 is 2.80. The number of amides is 1. The van der Waals surface area contributed by atoms with Gasteiger partial charge < -0.3 is 5.32 Å². The summed E-state index contributed by atoms with van der Waals surface area (Å²) >= 11 is 7.80. The van der Waals surface area contributed by atoms with E-state index in [1.165, 1.54) is 6.07 Å². The van der Waals surface area contributed by atoms with Crippen molar-refractivity contribution in [1.29, 1.82) is 0 Å². The van der Waals surface area contributed by atoms with E-state index >= 15 is 0 Å². The maximum Gasteiger partial charge on any atom is 0.267 e. The van der Waals surface area contributed by atoms with Crippen LogP contribution in [0.25, 0.3) is 10.6 Å². The first-order chi connectivity index (χ1) is 14.5. The molecule has 9 heteroatoms. The molecule has 4 rings (SSSR count). The van der Waals surface area contributed by atoms with E-state index in [1.54, 1.807) is 40.4 Å². The van der Waals surface area contributed by atoms with Gasteiger partial charge in [0.1, 0.15) is 18.1 Å². The molecule has 3 heterocycles. The number of rotatable bonds is 6. The lowest BCUT2D eigenvalue weighted by Gasteiger charge is -2.11. The number of aryl methyl sites for hydroxylation is 1. The standard InChI is InChI=1S/C21H18ClN5O2S/c1-14-6-8-18(30-14)17-7-9-21(29)27(25-17)13-20(28)24-19-10-11-23-26(19)12-15-4-2-3-5-16(15)22/h2-11H,12-13H2,1H3,(H,24,28). The maximum atomic E-state index is 12.6. The molecular weight excluding hydrogens is 422 g/mol. The van der Waals surface area contributed by atoms with Crippen LogP contribution >= 0.6 is 22.9 Å². The van der Waals surface area contributed by atoms with Crippen LogP contribution in [0.4, 0.5) is 5.82 Å². The molecule has 152 valence electrons. The summed E-state index contributed by atoms with van der Waals surface area (Å²) in [6, 6.07) is 16.2. The summed E-state index contributed by atoms with van der Waals surface area (Å²) in [6.45, 7) is 2.21. The van der Waals surface area contributed by atoms with Gasteiger partial charge in [-0.3, -0.25) is 9.59 Å². The average molecular weight is 440 g/mol. The van der Waals surface area contributed by atoms with Gasteiger partial charge in [0.15, 0.2) is 0 Å². The van der Waals surface area contributed by atoms with Crippen molar-refractivity contribution < 1.29 is 4.79 Å². The molecular formula is C21H18ClN5O2S. The third-order valence-corrected chi connectivity index (χ3v) is 5.81. The van der Waals surface area contributed by atoms with E-state index in [0.29, 0.717) is 23.1 Å². The second kappa shape index (κ2) is 8.64. The van der Waals surface area contributed by atoms with E-state index < -0.39 is 0 Å². The highest BCUT2D eigenvalue weighted by molar-refractivity contribution is 7.15. The zero-order valence-corrected chi connectivity index (χ0v) is 17.7. The minimum absolute atomic E-state index is 0.200. The van der Waals surface area contributed by atoms with Gasteiger partial charge in [-0.15, -0.1) is 11.3 Å². The predicted octanol–water partition coefficient (Wildman–Crippen LogP) is 3.82. The fraction of sp³-hybridized carbons (Fsp3) is 0.143. The molecule has 0 aliphatic heterocycles. The number of anilines is 1. The Hall–Kier alpha value is -3.23. The number of benzene rings is 1. The van der Waals surface area contributed by atoms with E-state index in [4.69, 9.17) is 11.6 Å². The van der Waals surface area contributed by atoms with Crippen molar-refractivity contribution in [2.45, 2.75) is 20.0 Å². The highest BCUT2D eigenvalue weighted by Crippen LogP contribution is 2.25. The van der Waals surface area contributed by atoms with Crippen LogP contribution in [0.5, 0.6) is 0 Å². The first kappa shape index (κ1) is 20.1. The Bertz CT molecular complexity index is 1260. The summed E-state index contributed by atoms with van der Waals surface area (Å²) in [5, 5.41) is 12.0. The number of hydrogen-bond donors (Lipinski definition) is 1. The molecule has 0 unspecified atom stereocenters. The maximum absolute atomic E-state index is 12.6. The topological polar surface area (TPSA) is 81.8 Å². The van der Waals surface area contributed by atoms with Crippen molar-refractivity contribution in [3.63, 3.8) is 0 Å². The van der Waals surface area contributed by atoms with Gasteiger partial charge in [-0.1, -0.05) is 29.8 Å². The molecule has 0 aliphatic carbocycles. The Labute approximate surface area is 181 Å². The second-order valence-corrected chi connectivity index (χ2v) is 8.33. The van der Waals surface area contributed by atoms with Crippen molar-refractivity contribution in [1.82, 2.24) is 19.6 Å². The van der Waals surface area contributed by atoms with Gasteiger partial charge in [0, 0.05) is 22.0 Å². The number of nitrogens with one attached hydrogen (secondary N) is 1. The van der Waals surface area contributed by atoms with Crippen LogP contribution in [0.1, 0.15) is 10.4 Å². The molecule has 4 aromatic rings. The van der Waals surface area contributed by atoms with Gasteiger partial charge in [-0.25, -0.2) is 9.36 Å². The second-order valence-electron chi connectivity index (χ2n) is 6.64. The predicted molar refractivity (Wildman–Crippen MR) is 118 cm³/mol. The minimum Gasteiger partial charge on any atom is -0.309 e. The Morgan fingerprint density at radius 3 is 2.70 bits per heavy atom. The molecule has 7 nitrogen and oxygen atoms in total. The number of thiophene rings is 1. The van der Waals surface area contributed by atoms with Crippen LogP contribution in [0.3, 0.4) is 0 Å². The first-order valence-corrected chi connectivity index (χ1v) is 10.4. The number of aromatic nitrogens is 4. The van der Waals surface area contributed by atoms with E-state index in [0.717, 1.165) is 20.0 Å². The van der Waals surface area contributed by atoms with Crippen molar-refractivity contribution in [3.05, 3.63) is 86.6 Å².